The molecule has 2 heterocycles. The van der Waals surface area contributed by atoms with Crippen LogP contribution in [0.15, 0.2) is 48.2 Å². The Kier molecular flexibility index (Phi) is 3.00. The van der Waals surface area contributed by atoms with Crippen molar-refractivity contribution in [1.82, 2.24) is 19.4 Å². The second-order valence-corrected chi connectivity index (χ2v) is 4.28. The molecule has 3 aromatic rings. The highest BCUT2D eigenvalue weighted by atomic mass is 16.1. The Balaban J connectivity index is 2.04. The normalized spacial score (nSPS) is 11.4. The summed E-state index contributed by atoms with van der Waals surface area (Å²) >= 11 is 0. The van der Waals surface area contributed by atoms with Gasteiger partial charge in [0, 0.05) is 22.7 Å². The largest absolute Gasteiger partial charge is 0.368 e. The number of nitrogens with zero attached hydrogens (tertiary/aromatic N) is 5. The van der Waals surface area contributed by atoms with E-state index in [2.05, 4.69) is 15.3 Å². The van der Waals surface area contributed by atoms with Crippen LogP contribution in [0.25, 0.3) is 10.9 Å². The second kappa shape index (κ2) is 4.96. The number of amides is 1. The number of nitrogens with two attached hydrogens (primary N) is 1. The van der Waals surface area contributed by atoms with E-state index in [1.54, 1.807) is 6.21 Å². The molecule has 2 aromatic heterocycles. The maximum Gasteiger partial charge on any atom is 0.237 e. The van der Waals surface area contributed by atoms with E-state index in [9.17, 15) is 4.79 Å². The van der Waals surface area contributed by atoms with Crippen molar-refractivity contribution < 1.29 is 4.79 Å². The van der Waals surface area contributed by atoms with Gasteiger partial charge in [0.25, 0.3) is 0 Å². The molecule has 0 aliphatic heterocycles. The third-order valence-corrected chi connectivity index (χ3v) is 2.88. The molecule has 0 unspecified atom stereocenters. The number of benzene rings is 1. The van der Waals surface area contributed by atoms with Gasteiger partial charge in [-0.15, -0.1) is 10.2 Å². The fourth-order valence-electron chi connectivity index (χ4n) is 2.06. The van der Waals surface area contributed by atoms with E-state index in [1.807, 2.05) is 35.0 Å². The number of carbonyl (C=O) groups excluding carboxylic acids is 1. The van der Waals surface area contributed by atoms with E-state index in [-0.39, 0.29) is 12.5 Å². The number of para-hydroxylation sites is 1. The monoisotopic (exact) mass is 268 g/mol. The molecule has 1 amide bonds. The van der Waals surface area contributed by atoms with Gasteiger partial charge in [0.2, 0.25) is 5.91 Å². The summed E-state index contributed by atoms with van der Waals surface area (Å²) in [7, 11) is 0. The molecule has 0 aliphatic rings. The molecule has 3 rings (SSSR count). The van der Waals surface area contributed by atoms with Gasteiger partial charge in [0.05, 0.1) is 6.21 Å². The van der Waals surface area contributed by atoms with Crippen molar-refractivity contribution in [3.05, 3.63) is 48.7 Å². The highest BCUT2D eigenvalue weighted by molar-refractivity contribution is 5.99. The molecule has 100 valence electrons. The van der Waals surface area contributed by atoms with Crippen molar-refractivity contribution in [1.29, 1.82) is 0 Å². The van der Waals surface area contributed by atoms with Crippen LogP contribution >= 0.6 is 0 Å². The molecule has 0 saturated carbocycles. The van der Waals surface area contributed by atoms with Gasteiger partial charge < -0.3 is 10.3 Å². The molecular formula is C13H12N6O. The Bertz CT molecular complexity index is 771. The predicted octanol–water partition coefficient (Wildman–Crippen LogP) is 0.600. The summed E-state index contributed by atoms with van der Waals surface area (Å²) in [5.74, 6) is -0.381. The van der Waals surface area contributed by atoms with Gasteiger partial charge in [-0.05, 0) is 6.07 Å². The van der Waals surface area contributed by atoms with E-state index in [1.165, 1.54) is 17.3 Å². The predicted molar refractivity (Wildman–Crippen MR) is 74.1 cm³/mol. The van der Waals surface area contributed by atoms with Crippen LogP contribution in [0.2, 0.25) is 0 Å². The van der Waals surface area contributed by atoms with Crippen molar-refractivity contribution in [2.45, 2.75) is 6.54 Å². The van der Waals surface area contributed by atoms with Crippen molar-refractivity contribution >= 4 is 23.0 Å². The van der Waals surface area contributed by atoms with Crippen molar-refractivity contribution in [3.8, 4) is 0 Å². The molecule has 20 heavy (non-hydrogen) atoms. The first-order valence-corrected chi connectivity index (χ1v) is 5.99. The lowest BCUT2D eigenvalue weighted by Crippen LogP contribution is -2.17. The fourth-order valence-corrected chi connectivity index (χ4v) is 2.06. The summed E-state index contributed by atoms with van der Waals surface area (Å²) in [5.41, 5.74) is 7.10. The minimum atomic E-state index is -0.381. The number of carbonyl (C=O) groups is 1. The van der Waals surface area contributed by atoms with E-state index in [0.29, 0.717) is 0 Å². The molecule has 0 radical (unpaired) electrons. The third-order valence-electron chi connectivity index (χ3n) is 2.88. The van der Waals surface area contributed by atoms with Gasteiger partial charge in [-0.25, -0.2) is 4.68 Å². The Hall–Kier alpha value is -2.96. The molecule has 7 heteroatoms. The molecule has 0 spiro atoms. The van der Waals surface area contributed by atoms with Crippen molar-refractivity contribution in [3.63, 3.8) is 0 Å². The highest BCUT2D eigenvalue weighted by Gasteiger charge is 2.07. The second-order valence-electron chi connectivity index (χ2n) is 4.28. The maximum atomic E-state index is 11.1. The van der Waals surface area contributed by atoms with Crippen LogP contribution in [0.5, 0.6) is 0 Å². The lowest BCUT2D eigenvalue weighted by atomic mass is 10.2. The SMILES string of the molecule is NC(=O)Cn1cc(C=Nn2cnnc2)c2ccccc21. The zero-order valence-corrected chi connectivity index (χ0v) is 10.5. The van der Waals surface area contributed by atoms with Crippen LogP contribution < -0.4 is 5.73 Å². The Labute approximate surface area is 114 Å². The molecule has 0 fully saturated rings. The molecule has 7 nitrogen and oxygen atoms in total. The first-order valence-electron chi connectivity index (χ1n) is 5.99. The topological polar surface area (TPSA) is 91.1 Å². The molecule has 2 N–H and O–H groups in total. The van der Waals surface area contributed by atoms with E-state index < -0.39 is 0 Å². The molecule has 0 saturated heterocycles. The number of hydrogen-bond donors (Lipinski definition) is 1. The molecule has 0 bridgehead atoms. The van der Waals surface area contributed by atoms with Gasteiger partial charge in [-0.1, -0.05) is 18.2 Å². The molecule has 1 aromatic carbocycles. The van der Waals surface area contributed by atoms with E-state index in [4.69, 9.17) is 5.73 Å². The lowest BCUT2D eigenvalue weighted by molar-refractivity contribution is -0.118. The zero-order valence-electron chi connectivity index (χ0n) is 10.5. The third kappa shape index (κ3) is 2.28. The average molecular weight is 268 g/mol. The van der Waals surface area contributed by atoms with Crippen LogP contribution in [0.4, 0.5) is 0 Å². The summed E-state index contributed by atoms with van der Waals surface area (Å²) in [6, 6.07) is 7.77. The van der Waals surface area contributed by atoms with E-state index >= 15 is 0 Å². The summed E-state index contributed by atoms with van der Waals surface area (Å²) in [5, 5.41) is 12.6. The number of fused-ring (bicyclic) bond motifs is 1. The van der Waals surface area contributed by atoms with Crippen LogP contribution in [0.1, 0.15) is 5.56 Å². The summed E-state index contributed by atoms with van der Waals surface area (Å²) < 4.78 is 3.31. The van der Waals surface area contributed by atoms with E-state index in [0.717, 1.165) is 16.5 Å². The smallest absolute Gasteiger partial charge is 0.237 e. The number of rotatable bonds is 4. The minimum absolute atomic E-state index is 0.140. The summed E-state index contributed by atoms with van der Waals surface area (Å²) in [6.07, 6.45) is 6.55. The van der Waals surface area contributed by atoms with Crippen LogP contribution in [-0.4, -0.2) is 31.6 Å². The molecule has 0 atom stereocenters. The van der Waals surface area contributed by atoms with Gasteiger partial charge in [0.1, 0.15) is 19.2 Å². The van der Waals surface area contributed by atoms with Crippen LogP contribution in [-0.2, 0) is 11.3 Å². The van der Waals surface area contributed by atoms with Gasteiger partial charge in [-0.2, -0.15) is 5.10 Å². The quantitative estimate of drug-likeness (QED) is 0.702. The standard InChI is InChI=1S/C13H12N6O/c14-13(20)7-18-6-10(5-17-19-8-15-16-9-19)11-3-1-2-4-12(11)18/h1-6,8-9H,7H2,(H2,14,20). The van der Waals surface area contributed by atoms with Gasteiger partial charge in [-0.3, -0.25) is 4.79 Å². The van der Waals surface area contributed by atoms with Crippen molar-refractivity contribution in [2.24, 2.45) is 10.8 Å². The van der Waals surface area contributed by atoms with Gasteiger partial charge in [0.15, 0.2) is 0 Å². The summed E-state index contributed by atoms with van der Waals surface area (Å²) in [4.78, 5) is 11.1. The average Bonchev–Trinajstić information content (AvgIpc) is 3.05. The van der Waals surface area contributed by atoms with Crippen LogP contribution in [0, 0.1) is 0 Å². The highest BCUT2D eigenvalue weighted by Crippen LogP contribution is 2.19. The Morgan fingerprint density at radius 3 is 2.80 bits per heavy atom. The molecular weight excluding hydrogens is 256 g/mol. The first kappa shape index (κ1) is 12.1. The fraction of sp³-hybridized carbons (Fsp3) is 0.0769. The maximum absolute atomic E-state index is 11.1. The summed E-state index contributed by atoms with van der Waals surface area (Å²) in [6.45, 7) is 0.140. The lowest BCUT2D eigenvalue weighted by Gasteiger charge is -2.00. The number of hydrogen-bond acceptors (Lipinski definition) is 4. The first-order chi connectivity index (χ1) is 9.74. The number of primary amides is 1. The number of aromatic nitrogens is 4. The van der Waals surface area contributed by atoms with Crippen molar-refractivity contribution in [2.75, 3.05) is 0 Å². The minimum Gasteiger partial charge on any atom is -0.368 e. The Morgan fingerprint density at radius 1 is 1.30 bits per heavy atom. The zero-order chi connectivity index (χ0) is 13.9. The Morgan fingerprint density at radius 2 is 2.05 bits per heavy atom. The van der Waals surface area contributed by atoms with Gasteiger partial charge >= 0.3 is 0 Å². The molecule has 0 aliphatic carbocycles. The van der Waals surface area contributed by atoms with Crippen LogP contribution in [0.3, 0.4) is 0 Å².